The predicted octanol–water partition coefficient (Wildman–Crippen LogP) is 1.75. The van der Waals surface area contributed by atoms with Gasteiger partial charge >= 0.3 is 0 Å². The Kier molecular flexibility index (Phi) is 8.46. The Labute approximate surface area is 104 Å². The first-order chi connectivity index (χ1) is 7.37. The van der Waals surface area contributed by atoms with Crippen LogP contribution < -0.4 is 5.32 Å². The number of methoxy groups -OCH3 is 1. The molecule has 0 amide bonds. The molecule has 0 aromatic carbocycles. The minimum atomic E-state index is -0.561. The summed E-state index contributed by atoms with van der Waals surface area (Å²) in [6.07, 6.45) is 0. The van der Waals surface area contributed by atoms with E-state index in [-0.39, 0.29) is 0 Å². The van der Waals surface area contributed by atoms with Crippen LogP contribution >= 0.6 is 11.8 Å². The second-order valence-corrected chi connectivity index (χ2v) is 6.23. The zero-order chi connectivity index (χ0) is 12.6. The largest absolute Gasteiger partial charge is 0.390 e. The van der Waals surface area contributed by atoms with Gasteiger partial charge in [-0.3, -0.25) is 0 Å². The van der Waals surface area contributed by atoms with E-state index in [0.717, 1.165) is 24.7 Å². The van der Waals surface area contributed by atoms with Crippen LogP contribution in [0, 0.1) is 5.92 Å². The fourth-order valence-corrected chi connectivity index (χ4v) is 2.21. The molecule has 0 fully saturated rings. The van der Waals surface area contributed by atoms with Gasteiger partial charge in [-0.1, -0.05) is 13.8 Å². The van der Waals surface area contributed by atoms with E-state index in [0.29, 0.717) is 12.0 Å². The van der Waals surface area contributed by atoms with E-state index < -0.39 is 5.60 Å². The van der Waals surface area contributed by atoms with Crippen LogP contribution in [-0.2, 0) is 4.74 Å². The fraction of sp³-hybridized carbons (Fsp3) is 1.00. The standard InChI is InChI=1S/C12H27NO2S/c1-10(2)11(8-15-5)13-6-7-16-9-12(3,4)14/h10-11,13-14H,6-9H2,1-5H3. The summed E-state index contributed by atoms with van der Waals surface area (Å²) in [7, 11) is 1.74. The van der Waals surface area contributed by atoms with Crippen molar-refractivity contribution in [3.8, 4) is 0 Å². The van der Waals surface area contributed by atoms with Crippen LogP contribution in [0.3, 0.4) is 0 Å². The molecule has 0 aromatic rings. The van der Waals surface area contributed by atoms with E-state index in [1.807, 2.05) is 13.8 Å². The molecular formula is C12H27NO2S. The van der Waals surface area contributed by atoms with Gasteiger partial charge < -0.3 is 15.2 Å². The Balaban J connectivity index is 3.55. The number of hydrogen-bond acceptors (Lipinski definition) is 4. The van der Waals surface area contributed by atoms with Crippen molar-refractivity contribution in [2.24, 2.45) is 5.92 Å². The lowest BCUT2D eigenvalue weighted by Crippen LogP contribution is -2.39. The monoisotopic (exact) mass is 249 g/mol. The van der Waals surface area contributed by atoms with E-state index in [1.165, 1.54) is 0 Å². The highest BCUT2D eigenvalue weighted by molar-refractivity contribution is 7.99. The molecule has 1 unspecified atom stereocenters. The summed E-state index contributed by atoms with van der Waals surface area (Å²) in [5.74, 6) is 2.39. The third-order valence-corrected chi connectivity index (χ3v) is 3.66. The average molecular weight is 249 g/mol. The van der Waals surface area contributed by atoms with Crippen LogP contribution in [0.2, 0.25) is 0 Å². The summed E-state index contributed by atoms with van der Waals surface area (Å²) in [6.45, 7) is 9.80. The Bertz CT molecular complexity index is 169. The lowest BCUT2D eigenvalue weighted by Gasteiger charge is -2.22. The smallest absolute Gasteiger partial charge is 0.0681 e. The highest BCUT2D eigenvalue weighted by atomic mass is 32.2. The number of rotatable bonds is 9. The predicted molar refractivity (Wildman–Crippen MR) is 72.1 cm³/mol. The van der Waals surface area contributed by atoms with Gasteiger partial charge in [-0.15, -0.1) is 0 Å². The minimum absolute atomic E-state index is 0.424. The third-order valence-electron chi connectivity index (χ3n) is 2.26. The van der Waals surface area contributed by atoms with Crippen molar-refractivity contribution in [2.45, 2.75) is 39.3 Å². The van der Waals surface area contributed by atoms with Gasteiger partial charge in [0.2, 0.25) is 0 Å². The summed E-state index contributed by atoms with van der Waals surface area (Å²) in [5, 5.41) is 13.0. The van der Waals surface area contributed by atoms with E-state index >= 15 is 0 Å². The number of hydrogen-bond donors (Lipinski definition) is 2. The lowest BCUT2D eigenvalue weighted by atomic mass is 10.1. The van der Waals surface area contributed by atoms with Gasteiger partial charge in [0.1, 0.15) is 0 Å². The Morgan fingerprint density at radius 3 is 2.44 bits per heavy atom. The second-order valence-electron chi connectivity index (χ2n) is 5.12. The van der Waals surface area contributed by atoms with Crippen molar-refractivity contribution in [2.75, 3.05) is 31.8 Å². The molecule has 0 spiro atoms. The van der Waals surface area contributed by atoms with Crippen molar-refractivity contribution in [1.82, 2.24) is 5.32 Å². The molecule has 0 aliphatic carbocycles. The molecule has 4 heteroatoms. The molecular weight excluding hydrogens is 222 g/mol. The molecule has 98 valence electrons. The van der Waals surface area contributed by atoms with Gasteiger partial charge in [-0.2, -0.15) is 11.8 Å². The highest BCUT2D eigenvalue weighted by Crippen LogP contribution is 2.11. The van der Waals surface area contributed by atoms with Crippen LogP contribution in [0.1, 0.15) is 27.7 Å². The third kappa shape index (κ3) is 9.46. The maximum Gasteiger partial charge on any atom is 0.0681 e. The Morgan fingerprint density at radius 2 is 2.00 bits per heavy atom. The summed E-state index contributed by atoms with van der Waals surface area (Å²) in [4.78, 5) is 0. The Hall–Kier alpha value is 0.230. The molecule has 0 saturated carbocycles. The first-order valence-electron chi connectivity index (χ1n) is 5.89. The zero-order valence-corrected chi connectivity index (χ0v) is 12.1. The topological polar surface area (TPSA) is 41.5 Å². The van der Waals surface area contributed by atoms with Crippen LogP contribution in [0.15, 0.2) is 0 Å². The molecule has 16 heavy (non-hydrogen) atoms. The molecule has 2 N–H and O–H groups in total. The number of ether oxygens (including phenoxy) is 1. The molecule has 0 bridgehead atoms. The maximum atomic E-state index is 9.54. The van der Waals surface area contributed by atoms with Crippen LogP contribution in [-0.4, -0.2) is 48.5 Å². The second kappa shape index (κ2) is 8.34. The fourth-order valence-electron chi connectivity index (χ4n) is 1.31. The first kappa shape index (κ1) is 16.2. The summed E-state index contributed by atoms with van der Waals surface area (Å²) < 4.78 is 5.17. The van der Waals surface area contributed by atoms with Gasteiger partial charge in [-0.25, -0.2) is 0 Å². The van der Waals surface area contributed by atoms with Crippen molar-refractivity contribution in [3.05, 3.63) is 0 Å². The maximum absolute atomic E-state index is 9.54. The summed E-state index contributed by atoms with van der Waals surface area (Å²) in [5.41, 5.74) is -0.561. The molecule has 0 aliphatic heterocycles. The molecule has 1 atom stereocenters. The van der Waals surface area contributed by atoms with E-state index in [9.17, 15) is 5.11 Å². The highest BCUT2D eigenvalue weighted by Gasteiger charge is 2.13. The van der Waals surface area contributed by atoms with Crippen LogP contribution in [0.25, 0.3) is 0 Å². The molecule has 0 aliphatic rings. The number of thioether (sulfide) groups is 1. The van der Waals surface area contributed by atoms with Crippen LogP contribution in [0.4, 0.5) is 0 Å². The molecule has 0 aromatic heterocycles. The molecule has 0 radical (unpaired) electrons. The van der Waals surface area contributed by atoms with Gasteiger partial charge in [0.15, 0.2) is 0 Å². The Morgan fingerprint density at radius 1 is 1.38 bits per heavy atom. The molecule has 0 rings (SSSR count). The van der Waals surface area contributed by atoms with Crippen LogP contribution in [0.5, 0.6) is 0 Å². The lowest BCUT2D eigenvalue weighted by molar-refractivity contribution is 0.107. The SMILES string of the molecule is COCC(NCCSCC(C)(C)O)C(C)C. The van der Waals surface area contributed by atoms with Gasteiger partial charge in [0.25, 0.3) is 0 Å². The molecule has 0 saturated heterocycles. The van der Waals surface area contributed by atoms with E-state index in [2.05, 4.69) is 19.2 Å². The first-order valence-corrected chi connectivity index (χ1v) is 7.04. The van der Waals surface area contributed by atoms with E-state index in [1.54, 1.807) is 18.9 Å². The molecule has 3 nitrogen and oxygen atoms in total. The normalized spacial score (nSPS) is 14.4. The van der Waals surface area contributed by atoms with Crippen molar-refractivity contribution >= 4 is 11.8 Å². The van der Waals surface area contributed by atoms with Crippen molar-refractivity contribution in [3.63, 3.8) is 0 Å². The minimum Gasteiger partial charge on any atom is -0.390 e. The van der Waals surface area contributed by atoms with Gasteiger partial charge in [0.05, 0.1) is 12.2 Å². The zero-order valence-electron chi connectivity index (χ0n) is 11.2. The van der Waals surface area contributed by atoms with Gasteiger partial charge in [0, 0.05) is 31.2 Å². The average Bonchev–Trinajstić information content (AvgIpc) is 2.13. The number of nitrogens with one attached hydrogen (secondary N) is 1. The van der Waals surface area contributed by atoms with Gasteiger partial charge in [-0.05, 0) is 19.8 Å². The summed E-state index contributed by atoms with van der Waals surface area (Å²) >= 11 is 1.78. The van der Waals surface area contributed by atoms with Crippen molar-refractivity contribution in [1.29, 1.82) is 0 Å². The quantitative estimate of drug-likeness (QED) is 0.611. The number of aliphatic hydroxyl groups is 1. The molecule has 0 heterocycles. The van der Waals surface area contributed by atoms with Crippen molar-refractivity contribution < 1.29 is 9.84 Å². The summed E-state index contributed by atoms with van der Waals surface area (Å²) in [6, 6.07) is 0.424. The van der Waals surface area contributed by atoms with E-state index in [4.69, 9.17) is 4.74 Å².